The van der Waals surface area contributed by atoms with Crippen LogP contribution in [-0.4, -0.2) is 29.1 Å². The Morgan fingerprint density at radius 1 is 0.889 bits per heavy atom. The van der Waals surface area contributed by atoms with E-state index in [2.05, 4.69) is 88.3 Å². The molecule has 4 rings (SSSR count). The van der Waals surface area contributed by atoms with Gasteiger partial charge in [-0.05, 0) is 42.1 Å². The molecule has 3 aromatic carbocycles. The van der Waals surface area contributed by atoms with Crippen LogP contribution in [0.2, 0.25) is 0 Å². The van der Waals surface area contributed by atoms with Crippen LogP contribution in [0.1, 0.15) is 18.4 Å². The molecule has 0 spiro atoms. The monoisotopic (exact) mass is 375 g/mol. The Bertz CT molecular complexity index is 896. The topological polar surface area (TPSA) is 27.3 Å². The summed E-state index contributed by atoms with van der Waals surface area (Å²) in [5.74, 6) is 0. The molecule has 0 atom stereocenters. The fourth-order valence-corrected chi connectivity index (χ4v) is 4.03. The van der Waals surface area contributed by atoms with E-state index in [-0.39, 0.29) is 0 Å². The van der Waals surface area contributed by atoms with E-state index in [0.717, 1.165) is 38.2 Å². The number of rotatable bonds is 4. The molecule has 0 aliphatic carbocycles. The highest BCUT2D eigenvalue weighted by Crippen LogP contribution is 2.23. The van der Waals surface area contributed by atoms with Crippen molar-refractivity contribution in [3.63, 3.8) is 0 Å². The lowest BCUT2D eigenvalue weighted by Crippen LogP contribution is -2.45. The smallest absolute Gasteiger partial charge is 0.171 e. The summed E-state index contributed by atoms with van der Waals surface area (Å²) in [6, 6.07) is 25.8. The molecule has 2 N–H and O–H groups in total. The van der Waals surface area contributed by atoms with Crippen LogP contribution >= 0.6 is 12.2 Å². The number of benzene rings is 3. The molecule has 4 heteroatoms. The van der Waals surface area contributed by atoms with Crippen molar-refractivity contribution >= 4 is 33.8 Å². The predicted octanol–water partition coefficient (Wildman–Crippen LogP) is 4.79. The third kappa shape index (κ3) is 4.65. The van der Waals surface area contributed by atoms with Gasteiger partial charge in [0, 0.05) is 36.7 Å². The number of nitrogens with one attached hydrogen (secondary N) is 2. The average molecular weight is 376 g/mol. The lowest BCUT2D eigenvalue weighted by atomic mass is 10.0. The van der Waals surface area contributed by atoms with E-state index >= 15 is 0 Å². The zero-order valence-electron chi connectivity index (χ0n) is 15.4. The van der Waals surface area contributed by atoms with Crippen molar-refractivity contribution in [3.8, 4) is 0 Å². The second-order valence-electron chi connectivity index (χ2n) is 7.16. The van der Waals surface area contributed by atoms with Crippen molar-refractivity contribution in [2.45, 2.75) is 25.4 Å². The molecule has 138 valence electrons. The van der Waals surface area contributed by atoms with Gasteiger partial charge in [0.15, 0.2) is 5.11 Å². The average Bonchev–Trinajstić information content (AvgIpc) is 2.71. The molecule has 27 heavy (non-hydrogen) atoms. The van der Waals surface area contributed by atoms with Crippen LogP contribution in [0, 0.1) is 0 Å². The molecular formula is C23H25N3S. The number of likely N-dealkylation sites (tertiary alicyclic amines) is 1. The van der Waals surface area contributed by atoms with Crippen LogP contribution < -0.4 is 10.6 Å². The van der Waals surface area contributed by atoms with E-state index in [1.54, 1.807) is 0 Å². The Labute approximate surface area is 166 Å². The van der Waals surface area contributed by atoms with E-state index in [1.807, 2.05) is 0 Å². The predicted molar refractivity (Wildman–Crippen MR) is 118 cm³/mol. The fourth-order valence-electron chi connectivity index (χ4n) is 3.76. The lowest BCUT2D eigenvalue weighted by molar-refractivity contribution is 0.199. The summed E-state index contributed by atoms with van der Waals surface area (Å²) in [7, 11) is 0. The van der Waals surface area contributed by atoms with Crippen LogP contribution in [-0.2, 0) is 6.54 Å². The van der Waals surface area contributed by atoms with E-state index in [0.29, 0.717) is 11.2 Å². The van der Waals surface area contributed by atoms with Gasteiger partial charge < -0.3 is 10.6 Å². The van der Waals surface area contributed by atoms with Gasteiger partial charge >= 0.3 is 0 Å². The van der Waals surface area contributed by atoms with Gasteiger partial charge in [-0.25, -0.2) is 0 Å². The Kier molecular flexibility index (Phi) is 5.66. The zero-order chi connectivity index (χ0) is 18.5. The van der Waals surface area contributed by atoms with Crippen molar-refractivity contribution in [1.82, 2.24) is 10.2 Å². The second kappa shape index (κ2) is 8.51. The second-order valence-corrected chi connectivity index (χ2v) is 7.57. The Morgan fingerprint density at radius 3 is 2.41 bits per heavy atom. The standard InChI is InChI=1S/C23H25N3S/c27-23(25-22-12-6-10-19-9-4-5-11-21(19)22)24-20-13-15-26(16-14-20)17-18-7-2-1-3-8-18/h1-12,20H,13-17H2,(H2,24,25,27). The molecule has 1 aliphatic heterocycles. The molecule has 1 saturated heterocycles. The van der Waals surface area contributed by atoms with Gasteiger partial charge in [-0.2, -0.15) is 0 Å². The zero-order valence-corrected chi connectivity index (χ0v) is 16.2. The molecule has 1 aliphatic rings. The molecule has 3 nitrogen and oxygen atoms in total. The van der Waals surface area contributed by atoms with E-state index < -0.39 is 0 Å². The minimum atomic E-state index is 0.437. The first-order valence-electron chi connectivity index (χ1n) is 9.59. The molecule has 0 amide bonds. The molecule has 1 heterocycles. The van der Waals surface area contributed by atoms with Crippen molar-refractivity contribution in [3.05, 3.63) is 78.4 Å². The number of thiocarbonyl (C=S) groups is 1. The first-order valence-corrected chi connectivity index (χ1v) is 10.0. The number of hydrogen-bond donors (Lipinski definition) is 2. The van der Waals surface area contributed by atoms with Crippen molar-refractivity contribution in [2.75, 3.05) is 18.4 Å². The molecular weight excluding hydrogens is 350 g/mol. The molecule has 1 fully saturated rings. The van der Waals surface area contributed by atoms with Gasteiger partial charge in [0.1, 0.15) is 0 Å². The van der Waals surface area contributed by atoms with E-state index in [1.165, 1.54) is 16.3 Å². The summed E-state index contributed by atoms with van der Waals surface area (Å²) >= 11 is 5.58. The molecule has 3 aromatic rings. The highest BCUT2D eigenvalue weighted by Gasteiger charge is 2.19. The maximum atomic E-state index is 5.58. The number of fused-ring (bicyclic) bond motifs is 1. The Hall–Kier alpha value is -2.43. The van der Waals surface area contributed by atoms with Gasteiger partial charge in [0.05, 0.1) is 0 Å². The third-order valence-electron chi connectivity index (χ3n) is 5.21. The molecule has 0 aromatic heterocycles. The van der Waals surface area contributed by atoms with E-state index in [9.17, 15) is 0 Å². The van der Waals surface area contributed by atoms with Crippen molar-refractivity contribution in [1.29, 1.82) is 0 Å². The number of nitrogens with zero attached hydrogens (tertiary/aromatic N) is 1. The summed E-state index contributed by atoms with van der Waals surface area (Å²) in [5.41, 5.74) is 2.45. The normalized spacial score (nSPS) is 15.6. The van der Waals surface area contributed by atoms with Gasteiger partial charge in [-0.1, -0.05) is 66.7 Å². The van der Waals surface area contributed by atoms with Crippen LogP contribution in [0.15, 0.2) is 72.8 Å². The first-order chi connectivity index (χ1) is 13.3. The SMILES string of the molecule is S=C(Nc1cccc2ccccc12)NC1CCN(Cc2ccccc2)CC1. The van der Waals surface area contributed by atoms with Crippen molar-refractivity contribution in [2.24, 2.45) is 0 Å². The summed E-state index contributed by atoms with van der Waals surface area (Å²) in [5, 5.41) is 10.0. The summed E-state index contributed by atoms with van der Waals surface area (Å²) in [4.78, 5) is 2.52. The van der Waals surface area contributed by atoms with Crippen LogP contribution in [0.25, 0.3) is 10.8 Å². The van der Waals surface area contributed by atoms with Crippen LogP contribution in [0.5, 0.6) is 0 Å². The maximum Gasteiger partial charge on any atom is 0.171 e. The summed E-state index contributed by atoms with van der Waals surface area (Å²) < 4.78 is 0. The molecule has 0 unspecified atom stereocenters. The fraction of sp³-hybridized carbons (Fsp3) is 0.261. The molecule has 0 saturated carbocycles. The largest absolute Gasteiger partial charge is 0.360 e. The third-order valence-corrected chi connectivity index (χ3v) is 5.43. The van der Waals surface area contributed by atoms with E-state index in [4.69, 9.17) is 12.2 Å². The van der Waals surface area contributed by atoms with Crippen molar-refractivity contribution < 1.29 is 0 Å². The minimum Gasteiger partial charge on any atom is -0.360 e. The first kappa shape index (κ1) is 18.0. The van der Waals surface area contributed by atoms with Gasteiger partial charge in [-0.3, -0.25) is 4.90 Å². The van der Waals surface area contributed by atoms with Crippen LogP contribution in [0.3, 0.4) is 0 Å². The molecule has 0 bridgehead atoms. The minimum absolute atomic E-state index is 0.437. The number of anilines is 1. The highest BCUT2D eigenvalue weighted by molar-refractivity contribution is 7.80. The van der Waals surface area contributed by atoms with Gasteiger partial charge in [0.25, 0.3) is 0 Å². The Morgan fingerprint density at radius 2 is 1.59 bits per heavy atom. The maximum absolute atomic E-state index is 5.58. The van der Waals surface area contributed by atoms with Crippen LogP contribution in [0.4, 0.5) is 5.69 Å². The number of piperidine rings is 1. The van der Waals surface area contributed by atoms with Gasteiger partial charge in [0.2, 0.25) is 0 Å². The van der Waals surface area contributed by atoms with Gasteiger partial charge in [-0.15, -0.1) is 0 Å². The number of hydrogen-bond acceptors (Lipinski definition) is 2. The summed E-state index contributed by atoms with van der Waals surface area (Å²) in [6.07, 6.45) is 2.23. The Balaban J connectivity index is 1.29. The quantitative estimate of drug-likeness (QED) is 0.641. The summed E-state index contributed by atoms with van der Waals surface area (Å²) in [6.45, 7) is 3.24. The highest BCUT2D eigenvalue weighted by atomic mass is 32.1. The molecule has 0 radical (unpaired) electrons. The lowest BCUT2D eigenvalue weighted by Gasteiger charge is -2.33.